The minimum atomic E-state index is -0.562. The van der Waals surface area contributed by atoms with Gasteiger partial charge in [-0.15, -0.1) is 0 Å². The quantitative estimate of drug-likeness (QED) is 0.356. The molecule has 10 heteroatoms. The lowest BCUT2D eigenvalue weighted by molar-refractivity contribution is 0.227. The van der Waals surface area contributed by atoms with Crippen LogP contribution in [0, 0.1) is 5.82 Å². The van der Waals surface area contributed by atoms with Crippen molar-refractivity contribution < 1.29 is 13.9 Å². The van der Waals surface area contributed by atoms with Gasteiger partial charge < -0.3 is 15.0 Å². The van der Waals surface area contributed by atoms with Gasteiger partial charge in [-0.25, -0.2) is 14.2 Å². The fourth-order valence-electron chi connectivity index (χ4n) is 4.05. The second kappa shape index (κ2) is 10.4. The zero-order valence-corrected chi connectivity index (χ0v) is 20.7. The van der Waals surface area contributed by atoms with Gasteiger partial charge in [0.25, 0.3) is 0 Å². The molecular weight excluding hydrogens is 486 g/mol. The predicted octanol–water partition coefficient (Wildman–Crippen LogP) is 6.49. The Balaban J connectivity index is 1.37. The topological polar surface area (TPSA) is 66.5 Å². The minimum absolute atomic E-state index is 0.0501. The number of hydrogen-bond acceptors (Lipinski definition) is 5. The van der Waals surface area contributed by atoms with Crippen LogP contribution < -0.4 is 15.4 Å². The molecule has 6 nitrogen and oxygen atoms in total. The number of hydrogen-bond donors (Lipinski definition) is 2. The van der Waals surface area contributed by atoms with E-state index in [1.807, 2.05) is 12.1 Å². The summed E-state index contributed by atoms with van der Waals surface area (Å²) in [5.74, 6) is 0.0143. The van der Waals surface area contributed by atoms with Crippen LogP contribution in [-0.2, 0) is 0 Å². The molecule has 1 aromatic heterocycles. The molecule has 176 valence electrons. The van der Waals surface area contributed by atoms with E-state index in [4.69, 9.17) is 27.9 Å². The van der Waals surface area contributed by atoms with Crippen molar-refractivity contribution in [2.24, 2.45) is 0 Å². The predicted molar refractivity (Wildman–Crippen MR) is 132 cm³/mol. The summed E-state index contributed by atoms with van der Waals surface area (Å²) in [6.07, 6.45) is 2.76. The highest BCUT2D eigenvalue weighted by molar-refractivity contribution is 7.22. The molecule has 1 saturated heterocycles. The molecule has 2 atom stereocenters. The number of anilines is 1. The number of amides is 2. The van der Waals surface area contributed by atoms with Crippen LogP contribution in [0.2, 0.25) is 10.0 Å². The first-order valence-electron chi connectivity index (χ1n) is 10.8. The third-order valence-electron chi connectivity index (χ3n) is 5.81. The van der Waals surface area contributed by atoms with Gasteiger partial charge >= 0.3 is 6.03 Å². The molecule has 0 spiro atoms. The van der Waals surface area contributed by atoms with Crippen molar-refractivity contribution in [1.82, 2.24) is 15.2 Å². The zero-order valence-electron chi connectivity index (χ0n) is 18.3. The van der Waals surface area contributed by atoms with Crippen LogP contribution in [0.3, 0.4) is 0 Å². The number of carbonyl (C=O) groups is 1. The summed E-state index contributed by atoms with van der Waals surface area (Å²) in [4.78, 5) is 19.1. The van der Waals surface area contributed by atoms with Crippen molar-refractivity contribution in [2.45, 2.75) is 38.3 Å². The van der Waals surface area contributed by atoms with E-state index >= 15 is 0 Å². The molecule has 1 fully saturated rings. The average Bonchev–Trinajstić information content (AvgIpc) is 3.36. The Bertz CT molecular complexity index is 1160. The number of rotatable bonds is 7. The van der Waals surface area contributed by atoms with Gasteiger partial charge in [-0.3, -0.25) is 5.32 Å². The number of benzene rings is 2. The van der Waals surface area contributed by atoms with Crippen LogP contribution >= 0.6 is 34.5 Å². The molecule has 1 aliphatic rings. The Morgan fingerprint density at radius 1 is 1.36 bits per heavy atom. The molecule has 0 aliphatic carbocycles. The maximum Gasteiger partial charge on any atom is 0.321 e. The largest absolute Gasteiger partial charge is 0.486 e. The van der Waals surface area contributed by atoms with Gasteiger partial charge in [-0.05, 0) is 70.1 Å². The van der Waals surface area contributed by atoms with Crippen molar-refractivity contribution in [3.63, 3.8) is 0 Å². The summed E-state index contributed by atoms with van der Waals surface area (Å²) < 4.78 is 20.7. The fraction of sp³-hybridized carbons (Fsp3) is 0.391. The van der Waals surface area contributed by atoms with E-state index < -0.39 is 11.9 Å². The van der Waals surface area contributed by atoms with Crippen molar-refractivity contribution in [3.05, 3.63) is 51.8 Å². The number of ether oxygens (including phenoxy) is 1. The van der Waals surface area contributed by atoms with E-state index in [9.17, 15) is 9.18 Å². The summed E-state index contributed by atoms with van der Waals surface area (Å²) >= 11 is 13.6. The summed E-state index contributed by atoms with van der Waals surface area (Å²) in [5.41, 5.74) is 1.13. The molecule has 0 saturated carbocycles. The highest BCUT2D eigenvalue weighted by atomic mass is 35.5. The number of urea groups is 1. The number of thiazole rings is 1. The third kappa shape index (κ3) is 5.69. The maximum absolute atomic E-state index is 13.9. The van der Waals surface area contributed by atoms with E-state index in [-0.39, 0.29) is 11.1 Å². The molecule has 2 amide bonds. The van der Waals surface area contributed by atoms with E-state index in [0.717, 1.165) is 23.2 Å². The summed E-state index contributed by atoms with van der Waals surface area (Å²) in [6.45, 7) is 3.49. The fourth-order valence-corrected chi connectivity index (χ4v) is 5.62. The first-order valence-corrected chi connectivity index (χ1v) is 12.3. The molecule has 0 radical (unpaired) electrons. The van der Waals surface area contributed by atoms with Gasteiger partial charge in [0.15, 0.2) is 5.13 Å². The number of nitrogens with one attached hydrogen (secondary N) is 2. The first kappa shape index (κ1) is 24.0. The third-order valence-corrected chi connectivity index (χ3v) is 7.46. The van der Waals surface area contributed by atoms with E-state index in [2.05, 4.69) is 27.6 Å². The number of aromatic nitrogens is 1. The van der Waals surface area contributed by atoms with Crippen LogP contribution in [0.4, 0.5) is 14.3 Å². The van der Waals surface area contributed by atoms with E-state index in [1.54, 1.807) is 13.0 Å². The maximum atomic E-state index is 13.9. The Labute approximate surface area is 206 Å². The van der Waals surface area contributed by atoms with Crippen LogP contribution in [0.5, 0.6) is 5.75 Å². The Kier molecular flexibility index (Phi) is 7.58. The van der Waals surface area contributed by atoms with Crippen LogP contribution in [0.1, 0.15) is 37.9 Å². The molecule has 2 unspecified atom stereocenters. The van der Waals surface area contributed by atoms with Gasteiger partial charge in [0.2, 0.25) is 0 Å². The molecule has 4 rings (SSSR count). The highest BCUT2D eigenvalue weighted by Gasteiger charge is 2.21. The second-order valence-electron chi connectivity index (χ2n) is 8.11. The number of likely N-dealkylation sites (tertiary alicyclic amines) is 1. The van der Waals surface area contributed by atoms with Crippen molar-refractivity contribution >= 4 is 55.9 Å². The SMILES string of the molecule is CC(Oc1ccc2nc(NC(=O)NCCC3CCCN3C)sc2c1)c1c(Cl)ccc(F)c1Cl. The second-order valence-corrected chi connectivity index (χ2v) is 9.93. The molecule has 2 N–H and O–H groups in total. The number of fused-ring (bicyclic) bond motifs is 1. The Morgan fingerprint density at radius 2 is 2.18 bits per heavy atom. The normalized spacial score (nSPS) is 17.3. The summed E-state index contributed by atoms with van der Waals surface area (Å²) in [5, 5.41) is 6.49. The van der Waals surface area contributed by atoms with E-state index in [1.165, 1.54) is 36.3 Å². The molecule has 0 bridgehead atoms. The van der Waals surface area contributed by atoms with Crippen molar-refractivity contribution in [2.75, 3.05) is 25.5 Å². The lowest BCUT2D eigenvalue weighted by Gasteiger charge is -2.19. The minimum Gasteiger partial charge on any atom is -0.486 e. The Hall–Kier alpha value is -2.13. The molecule has 1 aliphatic heterocycles. The molecule has 3 aromatic rings. The lowest BCUT2D eigenvalue weighted by Crippen LogP contribution is -2.34. The summed E-state index contributed by atoms with van der Waals surface area (Å²) in [6, 6.07) is 8.34. The number of carbonyl (C=O) groups excluding carboxylic acids is 1. The van der Waals surface area contributed by atoms with Crippen LogP contribution in [0.25, 0.3) is 10.2 Å². The van der Waals surface area contributed by atoms with Crippen LogP contribution in [0.15, 0.2) is 30.3 Å². The zero-order chi connectivity index (χ0) is 23.5. The molecule has 2 aromatic carbocycles. The Morgan fingerprint density at radius 3 is 2.94 bits per heavy atom. The first-order chi connectivity index (χ1) is 15.8. The van der Waals surface area contributed by atoms with Gasteiger partial charge in [0.1, 0.15) is 17.7 Å². The van der Waals surface area contributed by atoms with Crippen molar-refractivity contribution in [1.29, 1.82) is 0 Å². The van der Waals surface area contributed by atoms with Gasteiger partial charge in [-0.2, -0.15) is 0 Å². The molecular formula is C23H25Cl2FN4O2S. The lowest BCUT2D eigenvalue weighted by atomic mass is 10.1. The summed E-state index contributed by atoms with van der Waals surface area (Å²) in [7, 11) is 2.12. The van der Waals surface area contributed by atoms with Gasteiger partial charge in [0.05, 0.1) is 15.2 Å². The van der Waals surface area contributed by atoms with Crippen molar-refractivity contribution in [3.8, 4) is 5.75 Å². The van der Waals surface area contributed by atoms with Gasteiger partial charge in [-0.1, -0.05) is 34.5 Å². The number of nitrogens with zero attached hydrogens (tertiary/aromatic N) is 2. The van der Waals surface area contributed by atoms with Gasteiger partial charge in [0, 0.05) is 23.2 Å². The van der Waals surface area contributed by atoms with E-state index in [0.29, 0.717) is 34.1 Å². The smallest absolute Gasteiger partial charge is 0.321 e. The molecule has 33 heavy (non-hydrogen) atoms. The average molecular weight is 511 g/mol. The number of halogens is 3. The van der Waals surface area contributed by atoms with Crippen LogP contribution in [-0.4, -0.2) is 42.1 Å². The molecule has 2 heterocycles. The monoisotopic (exact) mass is 510 g/mol. The highest BCUT2D eigenvalue weighted by Crippen LogP contribution is 2.36. The standard InChI is InChI=1S/C23H25Cl2FN4O2S/c1-13(20-16(24)6-7-17(26)21(20)25)32-15-5-8-18-19(12-15)33-23(28-18)29-22(31)27-10-9-14-4-3-11-30(14)2/h5-8,12-14H,3-4,9-11H2,1-2H3,(H2,27,28,29,31).